The third kappa shape index (κ3) is 4.98. The van der Waals surface area contributed by atoms with Gasteiger partial charge in [0.1, 0.15) is 5.02 Å². The number of hydrogen-bond acceptors (Lipinski definition) is 6. The lowest BCUT2D eigenvalue weighted by Gasteiger charge is -2.37. The summed E-state index contributed by atoms with van der Waals surface area (Å²) in [6, 6.07) is 10.1. The summed E-state index contributed by atoms with van der Waals surface area (Å²) in [5.74, 6) is 0.464. The predicted octanol–water partition coefficient (Wildman–Crippen LogP) is 2.09. The van der Waals surface area contributed by atoms with Crippen LogP contribution in [0, 0.1) is 5.92 Å². The van der Waals surface area contributed by atoms with Gasteiger partial charge in [-0.1, -0.05) is 41.9 Å². The Balaban J connectivity index is 1.46. The van der Waals surface area contributed by atoms with Gasteiger partial charge in [-0.25, -0.2) is 4.68 Å². The van der Waals surface area contributed by atoms with Gasteiger partial charge < -0.3 is 14.8 Å². The largest absolute Gasteiger partial charge is 0.381 e. The van der Waals surface area contributed by atoms with E-state index in [0.717, 1.165) is 51.5 Å². The molecule has 7 nitrogen and oxygen atoms in total. The molecule has 1 aromatic carbocycles. The molecular weight excluding hydrogens is 392 g/mol. The summed E-state index contributed by atoms with van der Waals surface area (Å²) in [6.45, 7) is 6.00. The van der Waals surface area contributed by atoms with Gasteiger partial charge in [-0.05, 0) is 12.0 Å². The van der Waals surface area contributed by atoms with E-state index in [4.69, 9.17) is 21.1 Å². The summed E-state index contributed by atoms with van der Waals surface area (Å²) in [7, 11) is 0. The van der Waals surface area contributed by atoms with Gasteiger partial charge in [0, 0.05) is 38.2 Å². The standard InChI is InChI=1S/C21H27ClN4O3/c22-20-18(12-24-26(21(20)27)14-16-4-2-1-3-5-16)23-13-19(17-6-9-29-15-17)25-7-10-28-11-8-25/h1-5,12,17,19,23H,6-11,13-15H2/t17-,19+/m1/s1. The summed E-state index contributed by atoms with van der Waals surface area (Å²) in [4.78, 5) is 15.1. The molecule has 0 spiro atoms. The topological polar surface area (TPSA) is 68.6 Å². The van der Waals surface area contributed by atoms with Crippen LogP contribution < -0.4 is 10.9 Å². The minimum Gasteiger partial charge on any atom is -0.381 e. The molecule has 1 aromatic heterocycles. The van der Waals surface area contributed by atoms with Crippen LogP contribution in [0.25, 0.3) is 0 Å². The van der Waals surface area contributed by atoms with Crippen LogP contribution in [0.15, 0.2) is 41.3 Å². The van der Waals surface area contributed by atoms with Gasteiger partial charge in [-0.15, -0.1) is 0 Å². The van der Waals surface area contributed by atoms with Gasteiger partial charge in [-0.2, -0.15) is 5.10 Å². The van der Waals surface area contributed by atoms with Crippen molar-refractivity contribution in [2.24, 2.45) is 5.92 Å². The molecule has 0 unspecified atom stereocenters. The molecule has 2 saturated heterocycles. The van der Waals surface area contributed by atoms with Gasteiger partial charge in [0.15, 0.2) is 0 Å². The van der Waals surface area contributed by atoms with Gasteiger partial charge in [0.05, 0.1) is 38.2 Å². The molecule has 0 bridgehead atoms. The molecule has 0 aliphatic carbocycles. The number of halogens is 1. The highest BCUT2D eigenvalue weighted by Gasteiger charge is 2.31. The normalized spacial score (nSPS) is 21.2. The van der Waals surface area contributed by atoms with Crippen molar-refractivity contribution >= 4 is 17.3 Å². The molecular formula is C21H27ClN4O3. The molecule has 2 aliphatic heterocycles. The molecule has 156 valence electrons. The fourth-order valence-electron chi connectivity index (χ4n) is 4.03. The van der Waals surface area contributed by atoms with Crippen molar-refractivity contribution in [2.75, 3.05) is 51.4 Å². The van der Waals surface area contributed by atoms with E-state index in [1.165, 1.54) is 4.68 Å². The Kier molecular flexibility index (Phi) is 6.82. The Morgan fingerprint density at radius 1 is 1.17 bits per heavy atom. The summed E-state index contributed by atoms with van der Waals surface area (Å²) in [5, 5.41) is 7.87. The Morgan fingerprint density at radius 3 is 2.69 bits per heavy atom. The van der Waals surface area contributed by atoms with Gasteiger partial charge >= 0.3 is 0 Å². The van der Waals surface area contributed by atoms with Crippen molar-refractivity contribution in [3.63, 3.8) is 0 Å². The molecule has 2 aromatic rings. The van der Waals surface area contributed by atoms with E-state index in [0.29, 0.717) is 30.7 Å². The molecule has 4 rings (SSSR count). The number of anilines is 1. The first kappa shape index (κ1) is 20.3. The number of nitrogens with zero attached hydrogens (tertiary/aromatic N) is 3. The number of hydrogen-bond donors (Lipinski definition) is 1. The molecule has 2 fully saturated rings. The molecule has 1 N–H and O–H groups in total. The Labute approximate surface area is 175 Å². The van der Waals surface area contributed by atoms with E-state index in [-0.39, 0.29) is 10.6 Å². The highest BCUT2D eigenvalue weighted by Crippen LogP contribution is 2.24. The molecule has 2 aliphatic rings. The van der Waals surface area contributed by atoms with Crippen molar-refractivity contribution in [2.45, 2.75) is 19.0 Å². The first-order chi connectivity index (χ1) is 14.2. The van der Waals surface area contributed by atoms with Crippen LogP contribution in [0.4, 0.5) is 5.69 Å². The SMILES string of the molecule is O=c1c(Cl)c(NC[C@@H]([C@@H]2CCOC2)N2CCOCC2)cnn1Cc1ccccc1. The smallest absolute Gasteiger partial charge is 0.287 e. The third-order valence-electron chi connectivity index (χ3n) is 5.69. The molecule has 29 heavy (non-hydrogen) atoms. The lowest BCUT2D eigenvalue weighted by Crippen LogP contribution is -2.50. The fraction of sp³-hybridized carbons (Fsp3) is 0.524. The minimum absolute atomic E-state index is 0.180. The molecule has 0 amide bonds. The van der Waals surface area contributed by atoms with E-state index in [2.05, 4.69) is 15.3 Å². The summed E-state index contributed by atoms with van der Waals surface area (Å²) >= 11 is 6.40. The number of nitrogens with one attached hydrogen (secondary N) is 1. The summed E-state index contributed by atoms with van der Waals surface area (Å²) < 4.78 is 12.5. The highest BCUT2D eigenvalue weighted by atomic mass is 35.5. The van der Waals surface area contributed by atoms with Crippen LogP contribution in [-0.2, 0) is 16.0 Å². The minimum atomic E-state index is -0.285. The maximum atomic E-state index is 12.7. The zero-order valence-electron chi connectivity index (χ0n) is 16.4. The average molecular weight is 419 g/mol. The van der Waals surface area contributed by atoms with E-state index in [1.54, 1.807) is 6.20 Å². The van der Waals surface area contributed by atoms with Crippen molar-refractivity contribution in [3.8, 4) is 0 Å². The second-order valence-corrected chi connectivity index (χ2v) is 7.92. The second-order valence-electron chi connectivity index (χ2n) is 7.54. The third-order valence-corrected chi connectivity index (χ3v) is 6.05. The maximum Gasteiger partial charge on any atom is 0.287 e. The van der Waals surface area contributed by atoms with E-state index < -0.39 is 0 Å². The maximum absolute atomic E-state index is 12.7. The lowest BCUT2D eigenvalue weighted by molar-refractivity contribution is 0.00461. The van der Waals surface area contributed by atoms with Crippen LogP contribution in [0.3, 0.4) is 0 Å². The van der Waals surface area contributed by atoms with Crippen LogP contribution in [0.2, 0.25) is 5.02 Å². The lowest BCUT2D eigenvalue weighted by atomic mass is 9.97. The predicted molar refractivity (Wildman–Crippen MR) is 113 cm³/mol. The van der Waals surface area contributed by atoms with Crippen molar-refractivity contribution in [1.82, 2.24) is 14.7 Å². The second kappa shape index (κ2) is 9.71. The molecule has 0 saturated carbocycles. The highest BCUT2D eigenvalue weighted by molar-refractivity contribution is 6.32. The monoisotopic (exact) mass is 418 g/mol. The molecule has 3 heterocycles. The van der Waals surface area contributed by atoms with Crippen molar-refractivity contribution in [3.05, 3.63) is 57.5 Å². The Morgan fingerprint density at radius 2 is 1.97 bits per heavy atom. The number of morpholine rings is 1. The van der Waals surface area contributed by atoms with E-state index in [9.17, 15) is 4.79 Å². The average Bonchev–Trinajstić information content (AvgIpc) is 3.29. The summed E-state index contributed by atoms with van der Waals surface area (Å²) in [5.41, 5.74) is 1.30. The number of ether oxygens (including phenoxy) is 2. The molecule has 2 atom stereocenters. The van der Waals surface area contributed by atoms with Crippen molar-refractivity contribution < 1.29 is 9.47 Å². The zero-order chi connectivity index (χ0) is 20.1. The molecule has 0 radical (unpaired) electrons. The summed E-state index contributed by atoms with van der Waals surface area (Å²) in [6.07, 6.45) is 2.70. The van der Waals surface area contributed by atoms with Crippen LogP contribution in [0.5, 0.6) is 0 Å². The first-order valence-corrected chi connectivity index (χ1v) is 10.5. The quantitative estimate of drug-likeness (QED) is 0.742. The van der Waals surface area contributed by atoms with Gasteiger partial charge in [-0.3, -0.25) is 9.69 Å². The van der Waals surface area contributed by atoms with Crippen LogP contribution in [0.1, 0.15) is 12.0 Å². The van der Waals surface area contributed by atoms with E-state index in [1.807, 2.05) is 30.3 Å². The first-order valence-electron chi connectivity index (χ1n) is 10.2. The Bertz CT molecular complexity index is 849. The molecule has 8 heteroatoms. The van der Waals surface area contributed by atoms with Gasteiger partial charge in [0.25, 0.3) is 5.56 Å². The number of aromatic nitrogens is 2. The zero-order valence-corrected chi connectivity index (χ0v) is 17.2. The van der Waals surface area contributed by atoms with E-state index >= 15 is 0 Å². The van der Waals surface area contributed by atoms with Crippen LogP contribution in [-0.4, -0.2) is 66.8 Å². The Hall–Kier alpha value is -1.93. The van der Waals surface area contributed by atoms with Gasteiger partial charge in [0.2, 0.25) is 0 Å². The number of benzene rings is 1. The fourth-order valence-corrected chi connectivity index (χ4v) is 4.24. The van der Waals surface area contributed by atoms with Crippen molar-refractivity contribution in [1.29, 1.82) is 0 Å². The number of rotatable bonds is 7. The van der Waals surface area contributed by atoms with Crippen LogP contribution >= 0.6 is 11.6 Å².